The number of hydrogen-bond acceptors (Lipinski definition) is 5. The molecular formula is C19H22N4O3. The lowest BCUT2D eigenvalue weighted by molar-refractivity contribution is 0.0658. The molecule has 7 heteroatoms. The molecule has 3 rings (SSSR count). The van der Waals surface area contributed by atoms with E-state index in [9.17, 15) is 9.59 Å². The summed E-state index contributed by atoms with van der Waals surface area (Å²) in [6.45, 7) is 2.99. The van der Waals surface area contributed by atoms with Crippen molar-refractivity contribution >= 4 is 17.5 Å². The number of anilines is 1. The van der Waals surface area contributed by atoms with Crippen molar-refractivity contribution in [3.05, 3.63) is 53.9 Å². The average Bonchev–Trinajstić information content (AvgIpc) is 2.68. The fourth-order valence-corrected chi connectivity index (χ4v) is 2.79. The second-order valence-electron chi connectivity index (χ2n) is 6.16. The molecule has 1 aromatic heterocycles. The first-order valence-corrected chi connectivity index (χ1v) is 8.47. The molecule has 136 valence electrons. The number of aromatic nitrogens is 1. The predicted molar refractivity (Wildman–Crippen MR) is 98.6 cm³/mol. The number of benzene rings is 1. The number of carbonyl (C=O) groups excluding carboxylic acids is 2. The van der Waals surface area contributed by atoms with Crippen LogP contribution in [0, 0.1) is 0 Å². The quantitative estimate of drug-likeness (QED) is 0.905. The van der Waals surface area contributed by atoms with Crippen molar-refractivity contribution in [3.63, 3.8) is 0 Å². The molecule has 1 saturated heterocycles. The van der Waals surface area contributed by atoms with Crippen LogP contribution in [0.25, 0.3) is 0 Å². The molecule has 1 fully saturated rings. The van der Waals surface area contributed by atoms with Gasteiger partial charge in [-0.3, -0.25) is 9.59 Å². The van der Waals surface area contributed by atoms with Gasteiger partial charge >= 0.3 is 0 Å². The Labute approximate surface area is 152 Å². The first-order chi connectivity index (χ1) is 12.6. The van der Waals surface area contributed by atoms with Gasteiger partial charge in [-0.05, 0) is 31.3 Å². The smallest absolute Gasteiger partial charge is 0.274 e. The number of carbonyl (C=O) groups is 2. The number of rotatable bonds is 4. The van der Waals surface area contributed by atoms with Crippen LogP contribution < -0.4 is 10.1 Å². The molecule has 1 aromatic carbocycles. The highest BCUT2D eigenvalue weighted by atomic mass is 16.5. The normalized spacial score (nSPS) is 14.8. The van der Waals surface area contributed by atoms with Gasteiger partial charge in [-0.25, -0.2) is 4.98 Å². The van der Waals surface area contributed by atoms with Crippen molar-refractivity contribution in [2.75, 3.05) is 45.7 Å². The summed E-state index contributed by atoms with van der Waals surface area (Å²) in [4.78, 5) is 33.4. The van der Waals surface area contributed by atoms with E-state index in [4.69, 9.17) is 4.74 Å². The van der Waals surface area contributed by atoms with E-state index in [1.165, 1.54) is 0 Å². The summed E-state index contributed by atoms with van der Waals surface area (Å²) < 4.78 is 5.23. The van der Waals surface area contributed by atoms with E-state index in [1.807, 2.05) is 13.1 Å². The van der Waals surface area contributed by atoms with E-state index in [0.717, 1.165) is 13.1 Å². The average molecular weight is 354 g/mol. The molecule has 26 heavy (non-hydrogen) atoms. The summed E-state index contributed by atoms with van der Waals surface area (Å²) >= 11 is 0. The maximum absolute atomic E-state index is 12.6. The van der Waals surface area contributed by atoms with Gasteiger partial charge in [0.1, 0.15) is 17.1 Å². The highest BCUT2D eigenvalue weighted by Crippen LogP contribution is 2.23. The number of ether oxygens (including phenoxy) is 1. The van der Waals surface area contributed by atoms with Gasteiger partial charge in [0, 0.05) is 26.2 Å². The number of nitrogens with one attached hydrogen (secondary N) is 1. The van der Waals surface area contributed by atoms with Crippen molar-refractivity contribution in [1.29, 1.82) is 0 Å². The van der Waals surface area contributed by atoms with Gasteiger partial charge in [0.05, 0.1) is 12.8 Å². The Morgan fingerprint density at radius 3 is 2.42 bits per heavy atom. The lowest BCUT2D eigenvalue weighted by atomic mass is 10.2. The van der Waals surface area contributed by atoms with Crippen LogP contribution >= 0.6 is 0 Å². The van der Waals surface area contributed by atoms with Gasteiger partial charge in [-0.1, -0.05) is 18.2 Å². The van der Waals surface area contributed by atoms with Gasteiger partial charge in [0.25, 0.3) is 11.8 Å². The number of pyridine rings is 1. The molecule has 7 nitrogen and oxygen atoms in total. The van der Waals surface area contributed by atoms with Crippen LogP contribution in [0.15, 0.2) is 42.5 Å². The monoisotopic (exact) mass is 354 g/mol. The first-order valence-electron chi connectivity index (χ1n) is 8.47. The fourth-order valence-electron chi connectivity index (χ4n) is 2.79. The number of methoxy groups -OCH3 is 1. The van der Waals surface area contributed by atoms with E-state index in [2.05, 4.69) is 15.2 Å². The molecule has 0 spiro atoms. The summed E-state index contributed by atoms with van der Waals surface area (Å²) in [6.07, 6.45) is 0. The molecule has 0 unspecified atom stereocenters. The molecule has 1 aliphatic heterocycles. The Bertz CT molecular complexity index is 801. The van der Waals surface area contributed by atoms with Crippen LogP contribution in [0.3, 0.4) is 0 Å². The third kappa shape index (κ3) is 4.00. The van der Waals surface area contributed by atoms with Gasteiger partial charge in [0.2, 0.25) is 0 Å². The van der Waals surface area contributed by atoms with Crippen molar-refractivity contribution in [2.45, 2.75) is 0 Å². The fraction of sp³-hybridized carbons (Fsp3) is 0.316. The molecule has 2 amide bonds. The van der Waals surface area contributed by atoms with Gasteiger partial charge in [-0.2, -0.15) is 0 Å². The number of amides is 2. The molecular weight excluding hydrogens is 332 g/mol. The second-order valence-corrected chi connectivity index (χ2v) is 6.16. The van der Waals surface area contributed by atoms with Crippen molar-refractivity contribution in [1.82, 2.24) is 14.8 Å². The molecule has 0 atom stereocenters. The largest absolute Gasteiger partial charge is 0.495 e. The van der Waals surface area contributed by atoms with Crippen molar-refractivity contribution in [2.24, 2.45) is 0 Å². The SMILES string of the molecule is COc1ccccc1NC(=O)c1cccc(C(=O)N2CCN(C)CC2)n1. The van der Waals surface area contributed by atoms with E-state index in [1.54, 1.807) is 48.4 Å². The summed E-state index contributed by atoms with van der Waals surface area (Å²) in [5.41, 5.74) is 1.02. The van der Waals surface area contributed by atoms with Gasteiger partial charge < -0.3 is 19.9 Å². The Morgan fingerprint density at radius 1 is 1.00 bits per heavy atom. The lowest BCUT2D eigenvalue weighted by Gasteiger charge is -2.32. The lowest BCUT2D eigenvalue weighted by Crippen LogP contribution is -2.47. The van der Waals surface area contributed by atoms with E-state index in [-0.39, 0.29) is 23.2 Å². The number of hydrogen-bond donors (Lipinski definition) is 1. The minimum Gasteiger partial charge on any atom is -0.495 e. The number of piperazine rings is 1. The highest BCUT2D eigenvalue weighted by molar-refractivity contribution is 6.04. The Balaban J connectivity index is 1.74. The molecule has 0 saturated carbocycles. The zero-order chi connectivity index (χ0) is 18.5. The highest BCUT2D eigenvalue weighted by Gasteiger charge is 2.22. The zero-order valence-corrected chi connectivity index (χ0v) is 14.9. The molecule has 0 radical (unpaired) electrons. The molecule has 0 aliphatic carbocycles. The number of para-hydroxylation sites is 2. The van der Waals surface area contributed by atoms with Crippen molar-refractivity contribution in [3.8, 4) is 5.75 Å². The third-order valence-electron chi connectivity index (χ3n) is 4.35. The molecule has 2 heterocycles. The van der Waals surface area contributed by atoms with Crippen LogP contribution in [0.5, 0.6) is 5.75 Å². The predicted octanol–water partition coefficient (Wildman–Crippen LogP) is 1.73. The Morgan fingerprint density at radius 2 is 1.69 bits per heavy atom. The van der Waals surface area contributed by atoms with Crippen LogP contribution in [0.2, 0.25) is 0 Å². The van der Waals surface area contributed by atoms with Gasteiger partial charge in [0.15, 0.2) is 0 Å². The summed E-state index contributed by atoms with van der Waals surface area (Å²) in [5, 5.41) is 2.77. The molecule has 2 aromatic rings. The summed E-state index contributed by atoms with van der Waals surface area (Å²) in [5.74, 6) is 0.0260. The van der Waals surface area contributed by atoms with E-state index in [0.29, 0.717) is 24.5 Å². The van der Waals surface area contributed by atoms with Crippen LogP contribution in [-0.4, -0.2) is 66.9 Å². The van der Waals surface area contributed by atoms with E-state index < -0.39 is 0 Å². The van der Waals surface area contributed by atoms with Gasteiger partial charge in [-0.15, -0.1) is 0 Å². The Kier molecular flexibility index (Phi) is 5.48. The van der Waals surface area contributed by atoms with Crippen LogP contribution in [0.4, 0.5) is 5.69 Å². The third-order valence-corrected chi connectivity index (χ3v) is 4.35. The topological polar surface area (TPSA) is 74.8 Å². The standard InChI is InChI=1S/C19H22N4O3/c1-22-10-12-23(13-11-22)19(25)16-8-5-7-15(20-16)18(24)21-14-6-3-4-9-17(14)26-2/h3-9H,10-13H2,1-2H3,(H,21,24). The Hall–Kier alpha value is -2.93. The van der Waals surface area contributed by atoms with Crippen LogP contribution in [-0.2, 0) is 0 Å². The van der Waals surface area contributed by atoms with Crippen LogP contribution in [0.1, 0.15) is 21.0 Å². The van der Waals surface area contributed by atoms with E-state index >= 15 is 0 Å². The summed E-state index contributed by atoms with van der Waals surface area (Å²) in [6, 6.07) is 12.0. The maximum Gasteiger partial charge on any atom is 0.274 e. The second kappa shape index (κ2) is 7.97. The van der Waals surface area contributed by atoms with Crippen molar-refractivity contribution < 1.29 is 14.3 Å². The minimum atomic E-state index is -0.387. The molecule has 1 N–H and O–H groups in total. The molecule has 1 aliphatic rings. The maximum atomic E-state index is 12.6. The number of likely N-dealkylation sites (N-methyl/N-ethyl adjacent to an activating group) is 1. The summed E-state index contributed by atoms with van der Waals surface area (Å²) in [7, 11) is 3.57. The molecule has 0 bridgehead atoms. The number of nitrogens with zero attached hydrogens (tertiary/aromatic N) is 3. The minimum absolute atomic E-state index is 0.148. The zero-order valence-electron chi connectivity index (χ0n) is 14.9. The first kappa shape index (κ1) is 17.9.